The van der Waals surface area contributed by atoms with Gasteiger partial charge in [0.15, 0.2) is 0 Å². The van der Waals surface area contributed by atoms with E-state index < -0.39 is 10.0 Å². The van der Waals surface area contributed by atoms with Crippen LogP contribution in [0.2, 0.25) is 0 Å². The number of rotatable bonds is 5. The summed E-state index contributed by atoms with van der Waals surface area (Å²) in [6, 6.07) is -0.179. The van der Waals surface area contributed by atoms with Crippen LogP contribution in [0, 0.1) is 19.8 Å². The van der Waals surface area contributed by atoms with Gasteiger partial charge in [0.1, 0.15) is 4.90 Å². The van der Waals surface area contributed by atoms with E-state index in [-0.39, 0.29) is 10.9 Å². The van der Waals surface area contributed by atoms with Crippen LogP contribution in [-0.4, -0.2) is 31.2 Å². The highest BCUT2D eigenvalue weighted by Gasteiger charge is 2.30. The third kappa shape index (κ3) is 2.98. The van der Waals surface area contributed by atoms with E-state index in [0.29, 0.717) is 23.9 Å². The summed E-state index contributed by atoms with van der Waals surface area (Å²) in [6.45, 7) is 3.73. The molecule has 0 spiro atoms. The number of sulfonamides is 1. The molecule has 2 rings (SSSR count). The number of H-pyrrole nitrogens is 1. The van der Waals surface area contributed by atoms with E-state index in [2.05, 4.69) is 14.9 Å². The van der Waals surface area contributed by atoms with Gasteiger partial charge < -0.3 is 5.73 Å². The number of aryl methyl sites for hydroxylation is 2. The van der Waals surface area contributed by atoms with Gasteiger partial charge in [-0.2, -0.15) is 5.10 Å². The van der Waals surface area contributed by atoms with Gasteiger partial charge in [-0.25, -0.2) is 13.1 Å². The molecule has 1 heterocycles. The average molecular weight is 286 g/mol. The van der Waals surface area contributed by atoms with Crippen molar-refractivity contribution in [3.8, 4) is 0 Å². The van der Waals surface area contributed by atoms with E-state index in [1.807, 2.05) is 0 Å². The van der Waals surface area contributed by atoms with E-state index in [4.69, 9.17) is 5.73 Å². The molecule has 1 aromatic heterocycles. The summed E-state index contributed by atoms with van der Waals surface area (Å²) in [5.41, 5.74) is 6.79. The summed E-state index contributed by atoms with van der Waals surface area (Å²) in [5, 5.41) is 6.64. The molecule has 7 heteroatoms. The first-order valence-corrected chi connectivity index (χ1v) is 8.18. The van der Waals surface area contributed by atoms with Crippen molar-refractivity contribution in [2.45, 2.75) is 50.5 Å². The molecular weight excluding hydrogens is 264 g/mol. The van der Waals surface area contributed by atoms with Gasteiger partial charge in [0.05, 0.1) is 11.4 Å². The Hall–Kier alpha value is -0.920. The predicted molar refractivity (Wildman–Crippen MR) is 73.2 cm³/mol. The molecule has 0 aliphatic heterocycles. The van der Waals surface area contributed by atoms with Gasteiger partial charge in [0.25, 0.3) is 0 Å². The molecule has 0 amide bonds. The number of aromatic nitrogens is 2. The maximum absolute atomic E-state index is 12.4. The van der Waals surface area contributed by atoms with Gasteiger partial charge >= 0.3 is 0 Å². The lowest BCUT2D eigenvalue weighted by Gasteiger charge is -2.23. The fraction of sp³-hybridized carbons (Fsp3) is 0.750. The zero-order chi connectivity index (χ0) is 14.0. The van der Waals surface area contributed by atoms with Crippen molar-refractivity contribution in [2.24, 2.45) is 11.7 Å². The number of nitrogens with one attached hydrogen (secondary N) is 2. The van der Waals surface area contributed by atoms with Crippen molar-refractivity contribution < 1.29 is 8.42 Å². The summed E-state index contributed by atoms with van der Waals surface area (Å²) in [5.74, 6) is 0.354. The number of aromatic amines is 1. The molecule has 0 radical (unpaired) electrons. The normalized spacial score (nSPS) is 18.9. The summed E-state index contributed by atoms with van der Waals surface area (Å²) >= 11 is 0. The Morgan fingerprint density at radius 1 is 1.42 bits per heavy atom. The largest absolute Gasteiger partial charge is 0.329 e. The minimum atomic E-state index is -3.55. The summed E-state index contributed by atoms with van der Waals surface area (Å²) < 4.78 is 27.6. The van der Waals surface area contributed by atoms with Gasteiger partial charge in [0.2, 0.25) is 10.0 Å². The number of nitrogens with two attached hydrogens (primary N) is 1. The lowest BCUT2D eigenvalue weighted by Crippen LogP contribution is -2.44. The van der Waals surface area contributed by atoms with Crippen molar-refractivity contribution in [3.63, 3.8) is 0 Å². The molecule has 6 nitrogen and oxygen atoms in total. The maximum atomic E-state index is 12.4. The standard InChI is InChI=1S/C12H22N4O2S/c1-8-12(9(2)15-14-8)19(17,18)16-11(7-13)10-5-3-4-6-10/h10-11,16H,3-7,13H2,1-2H3,(H,14,15). The van der Waals surface area contributed by atoms with Crippen molar-refractivity contribution in [3.05, 3.63) is 11.4 Å². The molecule has 1 aliphatic carbocycles. The Morgan fingerprint density at radius 3 is 2.53 bits per heavy atom. The topological polar surface area (TPSA) is 101 Å². The molecule has 1 saturated carbocycles. The van der Waals surface area contributed by atoms with Crippen molar-refractivity contribution in [1.29, 1.82) is 0 Å². The molecule has 0 saturated heterocycles. The first kappa shape index (κ1) is 14.5. The minimum Gasteiger partial charge on any atom is -0.329 e. The fourth-order valence-electron chi connectivity index (χ4n) is 2.89. The summed E-state index contributed by atoms with van der Waals surface area (Å²) in [4.78, 5) is 0.254. The maximum Gasteiger partial charge on any atom is 0.244 e. The predicted octanol–water partition coefficient (Wildman–Crippen LogP) is 0.822. The van der Waals surface area contributed by atoms with Gasteiger partial charge in [-0.3, -0.25) is 5.10 Å². The van der Waals surface area contributed by atoms with E-state index in [9.17, 15) is 8.42 Å². The van der Waals surface area contributed by atoms with Crippen LogP contribution in [0.15, 0.2) is 4.90 Å². The Morgan fingerprint density at radius 2 is 2.05 bits per heavy atom. The smallest absolute Gasteiger partial charge is 0.244 e. The lowest BCUT2D eigenvalue weighted by molar-refractivity contribution is 0.405. The Balaban J connectivity index is 2.20. The molecular formula is C12H22N4O2S. The van der Waals surface area contributed by atoms with Crippen LogP contribution in [0.1, 0.15) is 37.1 Å². The zero-order valence-electron chi connectivity index (χ0n) is 11.4. The highest BCUT2D eigenvalue weighted by Crippen LogP contribution is 2.28. The summed E-state index contributed by atoms with van der Waals surface area (Å²) in [7, 11) is -3.55. The Bertz CT molecular complexity index is 512. The van der Waals surface area contributed by atoms with Crippen molar-refractivity contribution >= 4 is 10.0 Å². The number of hydrogen-bond donors (Lipinski definition) is 3. The molecule has 0 bridgehead atoms. The molecule has 108 valence electrons. The van der Waals surface area contributed by atoms with E-state index in [1.54, 1.807) is 13.8 Å². The highest BCUT2D eigenvalue weighted by molar-refractivity contribution is 7.89. The van der Waals surface area contributed by atoms with E-state index in [0.717, 1.165) is 25.7 Å². The number of nitrogens with zero attached hydrogens (tertiary/aromatic N) is 1. The Labute approximate surface area is 114 Å². The molecule has 0 aromatic carbocycles. The second kappa shape index (κ2) is 5.60. The first-order chi connectivity index (χ1) is 8.95. The van der Waals surface area contributed by atoms with Gasteiger partial charge in [-0.15, -0.1) is 0 Å². The van der Waals surface area contributed by atoms with Gasteiger partial charge in [0, 0.05) is 12.6 Å². The first-order valence-electron chi connectivity index (χ1n) is 6.69. The molecule has 1 unspecified atom stereocenters. The minimum absolute atomic E-state index is 0.179. The number of hydrogen-bond acceptors (Lipinski definition) is 4. The van der Waals surface area contributed by atoms with Crippen LogP contribution >= 0.6 is 0 Å². The third-order valence-electron chi connectivity index (χ3n) is 3.86. The zero-order valence-corrected chi connectivity index (χ0v) is 12.3. The van der Waals surface area contributed by atoms with Crippen LogP contribution in [0.4, 0.5) is 0 Å². The van der Waals surface area contributed by atoms with Gasteiger partial charge in [-0.05, 0) is 32.6 Å². The molecule has 1 atom stereocenters. The molecule has 1 aliphatic rings. The Kier molecular flexibility index (Phi) is 4.27. The second-order valence-corrected chi connectivity index (χ2v) is 6.92. The monoisotopic (exact) mass is 286 g/mol. The van der Waals surface area contributed by atoms with E-state index in [1.165, 1.54) is 0 Å². The highest BCUT2D eigenvalue weighted by atomic mass is 32.2. The quantitative estimate of drug-likeness (QED) is 0.746. The third-order valence-corrected chi connectivity index (χ3v) is 5.61. The average Bonchev–Trinajstić information content (AvgIpc) is 2.96. The fourth-order valence-corrected chi connectivity index (χ4v) is 4.58. The lowest BCUT2D eigenvalue weighted by atomic mass is 9.99. The van der Waals surface area contributed by atoms with Crippen molar-refractivity contribution in [2.75, 3.05) is 6.54 Å². The SMILES string of the molecule is Cc1n[nH]c(C)c1S(=O)(=O)NC(CN)C1CCCC1. The van der Waals surface area contributed by atoms with Crippen LogP contribution < -0.4 is 10.5 Å². The molecule has 1 fully saturated rings. The molecule has 1 aromatic rings. The summed E-state index contributed by atoms with van der Waals surface area (Å²) in [6.07, 6.45) is 4.42. The molecule has 19 heavy (non-hydrogen) atoms. The second-order valence-electron chi connectivity index (χ2n) is 5.27. The molecule has 4 N–H and O–H groups in total. The van der Waals surface area contributed by atoms with E-state index >= 15 is 0 Å². The van der Waals surface area contributed by atoms with Crippen molar-refractivity contribution in [1.82, 2.24) is 14.9 Å². The van der Waals surface area contributed by atoms with Crippen LogP contribution in [0.3, 0.4) is 0 Å². The van der Waals surface area contributed by atoms with Gasteiger partial charge in [-0.1, -0.05) is 12.8 Å². The van der Waals surface area contributed by atoms with Crippen LogP contribution in [0.25, 0.3) is 0 Å². The van der Waals surface area contributed by atoms with Crippen LogP contribution in [0.5, 0.6) is 0 Å². The van der Waals surface area contributed by atoms with Crippen LogP contribution in [-0.2, 0) is 10.0 Å².